The van der Waals surface area contributed by atoms with Gasteiger partial charge in [-0.2, -0.15) is 0 Å². The van der Waals surface area contributed by atoms with E-state index < -0.39 is 5.79 Å². The molecule has 4 atom stereocenters. The molecule has 2 fully saturated rings. The van der Waals surface area contributed by atoms with Gasteiger partial charge >= 0.3 is 0 Å². The van der Waals surface area contributed by atoms with Crippen molar-refractivity contribution in [2.75, 3.05) is 0 Å². The van der Waals surface area contributed by atoms with E-state index in [0.717, 1.165) is 31.1 Å². The molecule has 2 nitrogen and oxygen atoms in total. The standard InChI is InChI=1S/C15H28O2/c1-10(2)12-6-7-14(4)13(9-12)11(3)5-8-15(14,16)17/h10-13,16-17H,5-9H2,1-4H3/t11-,12+,13-,14+/m0/s1. The fraction of sp³-hybridized carbons (Fsp3) is 1.00. The maximum Gasteiger partial charge on any atom is 0.168 e. The van der Waals surface area contributed by atoms with Crippen molar-refractivity contribution < 1.29 is 10.2 Å². The fourth-order valence-electron chi connectivity index (χ4n) is 4.25. The van der Waals surface area contributed by atoms with E-state index in [9.17, 15) is 10.2 Å². The van der Waals surface area contributed by atoms with Crippen LogP contribution >= 0.6 is 0 Å². The van der Waals surface area contributed by atoms with Crippen molar-refractivity contribution in [2.45, 2.75) is 65.6 Å². The van der Waals surface area contributed by atoms with Gasteiger partial charge in [0, 0.05) is 11.8 Å². The fourth-order valence-corrected chi connectivity index (χ4v) is 4.25. The summed E-state index contributed by atoms with van der Waals surface area (Å²) in [6, 6.07) is 0. The van der Waals surface area contributed by atoms with E-state index in [1.807, 2.05) is 0 Å². The summed E-state index contributed by atoms with van der Waals surface area (Å²) < 4.78 is 0. The molecule has 2 aliphatic carbocycles. The van der Waals surface area contributed by atoms with Crippen molar-refractivity contribution in [3.8, 4) is 0 Å². The summed E-state index contributed by atoms with van der Waals surface area (Å²) in [5.74, 6) is 1.16. The molecule has 100 valence electrons. The SMILES string of the molecule is CC(C)[C@@H]1CC[C@]2(C)[C@@H](C1)[C@@H](C)CCC2(O)O. The third kappa shape index (κ3) is 2.04. The number of fused-ring (bicyclic) bond motifs is 1. The van der Waals surface area contributed by atoms with Crippen molar-refractivity contribution in [3.63, 3.8) is 0 Å². The molecule has 17 heavy (non-hydrogen) atoms. The van der Waals surface area contributed by atoms with Gasteiger partial charge in [0.1, 0.15) is 0 Å². The Balaban J connectivity index is 2.23. The molecule has 2 rings (SSSR count). The highest BCUT2D eigenvalue weighted by Gasteiger charge is 2.57. The predicted molar refractivity (Wildman–Crippen MR) is 69.3 cm³/mol. The molecule has 0 aliphatic heterocycles. The first-order valence-electron chi connectivity index (χ1n) is 7.22. The second kappa shape index (κ2) is 4.24. The second-order valence-electron chi connectivity index (χ2n) is 7.14. The molecule has 0 heterocycles. The summed E-state index contributed by atoms with van der Waals surface area (Å²) in [6.45, 7) is 8.99. The molecule has 0 spiro atoms. The highest BCUT2D eigenvalue weighted by molar-refractivity contribution is 5.02. The zero-order valence-corrected chi connectivity index (χ0v) is 11.7. The van der Waals surface area contributed by atoms with Crippen molar-refractivity contribution in [2.24, 2.45) is 29.1 Å². The van der Waals surface area contributed by atoms with Gasteiger partial charge < -0.3 is 10.2 Å². The van der Waals surface area contributed by atoms with Gasteiger partial charge in [-0.3, -0.25) is 0 Å². The minimum Gasteiger partial charge on any atom is -0.365 e. The van der Waals surface area contributed by atoms with Crippen molar-refractivity contribution in [3.05, 3.63) is 0 Å². The van der Waals surface area contributed by atoms with Crippen molar-refractivity contribution in [1.29, 1.82) is 0 Å². The molecule has 2 saturated carbocycles. The molecule has 2 heteroatoms. The Morgan fingerprint density at radius 2 is 1.76 bits per heavy atom. The van der Waals surface area contributed by atoms with Crippen LogP contribution in [0.25, 0.3) is 0 Å². The summed E-state index contributed by atoms with van der Waals surface area (Å²) in [6.07, 6.45) is 4.81. The van der Waals surface area contributed by atoms with Crippen molar-refractivity contribution in [1.82, 2.24) is 0 Å². The van der Waals surface area contributed by atoms with E-state index in [1.165, 1.54) is 6.42 Å². The highest BCUT2D eigenvalue weighted by Crippen LogP contribution is 2.58. The molecule has 0 aromatic carbocycles. The van der Waals surface area contributed by atoms with Gasteiger partial charge in [0.15, 0.2) is 5.79 Å². The van der Waals surface area contributed by atoms with Gasteiger partial charge in [-0.05, 0) is 49.4 Å². The summed E-state index contributed by atoms with van der Waals surface area (Å²) in [4.78, 5) is 0. The third-order valence-electron chi connectivity index (χ3n) is 5.90. The van der Waals surface area contributed by atoms with Gasteiger partial charge in [-0.15, -0.1) is 0 Å². The van der Waals surface area contributed by atoms with E-state index in [2.05, 4.69) is 27.7 Å². The quantitative estimate of drug-likeness (QED) is 0.691. The molecule has 2 N–H and O–H groups in total. The Labute approximate surface area is 105 Å². The average molecular weight is 240 g/mol. The smallest absolute Gasteiger partial charge is 0.168 e. The first-order chi connectivity index (χ1) is 7.78. The van der Waals surface area contributed by atoms with E-state index in [1.54, 1.807) is 0 Å². The maximum atomic E-state index is 10.3. The van der Waals surface area contributed by atoms with Crippen LogP contribution in [0.5, 0.6) is 0 Å². The lowest BCUT2D eigenvalue weighted by molar-refractivity contribution is -0.293. The van der Waals surface area contributed by atoms with Gasteiger partial charge in [0.2, 0.25) is 0 Å². The third-order valence-corrected chi connectivity index (χ3v) is 5.90. The van der Waals surface area contributed by atoms with Gasteiger partial charge in [-0.25, -0.2) is 0 Å². The van der Waals surface area contributed by atoms with Crippen LogP contribution < -0.4 is 0 Å². The van der Waals surface area contributed by atoms with Crippen LogP contribution in [-0.4, -0.2) is 16.0 Å². The van der Waals surface area contributed by atoms with Crippen LogP contribution in [0, 0.1) is 29.1 Å². The molecule has 2 aliphatic rings. The molecule has 0 radical (unpaired) electrons. The van der Waals surface area contributed by atoms with Crippen LogP contribution in [0.4, 0.5) is 0 Å². The van der Waals surface area contributed by atoms with E-state index in [-0.39, 0.29) is 5.41 Å². The molecule has 0 amide bonds. The summed E-state index contributed by atoms with van der Waals surface area (Å²) in [5.41, 5.74) is -0.282. The monoisotopic (exact) mass is 240 g/mol. The average Bonchev–Trinajstić information content (AvgIpc) is 2.24. The minimum atomic E-state index is -1.44. The molecular formula is C15H28O2. The normalized spacial score (nSPS) is 45.7. The molecule has 0 unspecified atom stereocenters. The Morgan fingerprint density at radius 1 is 1.12 bits per heavy atom. The predicted octanol–water partition coefficient (Wildman–Crippen LogP) is 3.18. The van der Waals surface area contributed by atoms with Crippen LogP contribution in [0.1, 0.15) is 59.8 Å². The van der Waals surface area contributed by atoms with E-state index >= 15 is 0 Å². The second-order valence-corrected chi connectivity index (χ2v) is 7.14. The number of aliphatic hydroxyl groups is 2. The first-order valence-corrected chi connectivity index (χ1v) is 7.22. The Hall–Kier alpha value is -0.0800. The first kappa shape index (κ1) is 13.4. The molecule has 0 aromatic rings. The molecule has 0 aromatic heterocycles. The topological polar surface area (TPSA) is 40.5 Å². The van der Waals surface area contributed by atoms with Gasteiger partial charge in [0.05, 0.1) is 0 Å². The largest absolute Gasteiger partial charge is 0.365 e. The lowest BCUT2D eigenvalue weighted by atomic mass is 9.51. The zero-order chi connectivity index (χ0) is 12.8. The lowest BCUT2D eigenvalue weighted by Gasteiger charge is -2.57. The lowest BCUT2D eigenvalue weighted by Crippen LogP contribution is -2.58. The van der Waals surface area contributed by atoms with Gasteiger partial charge in [0.25, 0.3) is 0 Å². The number of rotatable bonds is 1. The van der Waals surface area contributed by atoms with E-state index in [0.29, 0.717) is 18.3 Å². The Bertz CT molecular complexity index is 285. The molecule has 0 saturated heterocycles. The summed E-state index contributed by atoms with van der Waals surface area (Å²) in [7, 11) is 0. The Morgan fingerprint density at radius 3 is 2.35 bits per heavy atom. The number of hydrogen-bond acceptors (Lipinski definition) is 2. The molecule has 0 bridgehead atoms. The summed E-state index contributed by atoms with van der Waals surface area (Å²) in [5, 5.41) is 20.7. The maximum absolute atomic E-state index is 10.3. The Kier molecular flexibility index (Phi) is 3.33. The molecular weight excluding hydrogens is 212 g/mol. The zero-order valence-electron chi connectivity index (χ0n) is 11.7. The van der Waals surface area contributed by atoms with Crippen LogP contribution in [0.15, 0.2) is 0 Å². The number of hydrogen-bond donors (Lipinski definition) is 2. The van der Waals surface area contributed by atoms with Crippen LogP contribution in [-0.2, 0) is 0 Å². The van der Waals surface area contributed by atoms with Crippen LogP contribution in [0.3, 0.4) is 0 Å². The highest BCUT2D eigenvalue weighted by atomic mass is 16.5. The van der Waals surface area contributed by atoms with Gasteiger partial charge in [-0.1, -0.05) is 27.7 Å². The van der Waals surface area contributed by atoms with Crippen LogP contribution in [0.2, 0.25) is 0 Å². The van der Waals surface area contributed by atoms with E-state index in [4.69, 9.17) is 0 Å². The minimum absolute atomic E-state index is 0.282. The summed E-state index contributed by atoms with van der Waals surface area (Å²) >= 11 is 0. The van der Waals surface area contributed by atoms with Crippen molar-refractivity contribution >= 4 is 0 Å².